The Balaban J connectivity index is 1.43. The quantitative estimate of drug-likeness (QED) is 0.614. The molecule has 0 saturated carbocycles. The van der Waals surface area contributed by atoms with Crippen LogP contribution in [0.15, 0.2) is 60.9 Å². The van der Waals surface area contributed by atoms with Crippen LogP contribution in [-0.2, 0) is 6.18 Å². The molecule has 6 nitrogen and oxygen atoms in total. The molecule has 1 aliphatic heterocycles. The van der Waals surface area contributed by atoms with Crippen LogP contribution >= 0.6 is 0 Å². The van der Waals surface area contributed by atoms with E-state index >= 15 is 0 Å². The first-order valence-corrected chi connectivity index (χ1v) is 9.26. The summed E-state index contributed by atoms with van der Waals surface area (Å²) < 4.78 is 57.6. The molecule has 2 aromatic heterocycles. The molecule has 1 saturated heterocycles. The number of benzene rings is 1. The van der Waals surface area contributed by atoms with Gasteiger partial charge in [0, 0.05) is 18.5 Å². The maximum absolute atomic E-state index is 13.5. The molecule has 1 amide bonds. The van der Waals surface area contributed by atoms with E-state index in [0.29, 0.717) is 30.7 Å². The van der Waals surface area contributed by atoms with Crippen LogP contribution in [0.5, 0.6) is 5.75 Å². The number of aromatic nitrogens is 2. The number of pyridine rings is 2. The van der Waals surface area contributed by atoms with Gasteiger partial charge in [-0.2, -0.15) is 13.2 Å². The summed E-state index contributed by atoms with van der Waals surface area (Å²) in [5, 5.41) is 2.66. The van der Waals surface area contributed by atoms with Crippen molar-refractivity contribution in [3.05, 3.63) is 78.0 Å². The van der Waals surface area contributed by atoms with E-state index < -0.39 is 29.6 Å². The van der Waals surface area contributed by atoms with E-state index in [-0.39, 0.29) is 11.4 Å². The van der Waals surface area contributed by atoms with Crippen molar-refractivity contribution < 1.29 is 27.1 Å². The second-order valence-electron chi connectivity index (χ2n) is 6.86. The summed E-state index contributed by atoms with van der Waals surface area (Å²) in [6, 6.07) is 10.6. The summed E-state index contributed by atoms with van der Waals surface area (Å²) in [4.78, 5) is 22.6. The van der Waals surface area contributed by atoms with Crippen molar-refractivity contribution in [3.63, 3.8) is 0 Å². The molecule has 3 aromatic rings. The van der Waals surface area contributed by atoms with E-state index in [4.69, 9.17) is 4.74 Å². The van der Waals surface area contributed by atoms with Gasteiger partial charge in [0.15, 0.2) is 5.69 Å². The maximum Gasteiger partial charge on any atom is 0.416 e. The molecule has 1 aromatic carbocycles. The van der Waals surface area contributed by atoms with E-state index in [1.54, 1.807) is 41.4 Å². The number of alkyl halides is 3. The molecule has 31 heavy (non-hydrogen) atoms. The number of hydrogen-bond donors (Lipinski definition) is 1. The first-order valence-electron chi connectivity index (χ1n) is 9.26. The molecular weight excluding hydrogens is 416 g/mol. The Hall–Kier alpha value is -3.69. The van der Waals surface area contributed by atoms with Crippen molar-refractivity contribution in [2.24, 2.45) is 0 Å². The van der Waals surface area contributed by atoms with Gasteiger partial charge in [0.1, 0.15) is 23.5 Å². The molecule has 1 fully saturated rings. The summed E-state index contributed by atoms with van der Waals surface area (Å²) in [5.41, 5.74) is -0.387. The lowest BCUT2D eigenvalue weighted by atomic mass is 10.1. The van der Waals surface area contributed by atoms with Gasteiger partial charge in [-0.05, 0) is 36.4 Å². The third-order valence-corrected chi connectivity index (χ3v) is 4.60. The Morgan fingerprint density at radius 3 is 2.55 bits per heavy atom. The Morgan fingerprint density at radius 1 is 1.06 bits per heavy atom. The number of ether oxygens (including phenoxy) is 1. The minimum absolute atomic E-state index is 0.178. The molecule has 4 rings (SSSR count). The van der Waals surface area contributed by atoms with E-state index in [9.17, 15) is 22.4 Å². The molecule has 0 unspecified atom stereocenters. The number of carbonyl (C=O) groups excluding carboxylic acids is 1. The van der Waals surface area contributed by atoms with Crippen molar-refractivity contribution in [2.75, 3.05) is 23.3 Å². The standard InChI is InChI=1S/C21H16F4N4O2/c22-14-8-13(21(23,24)25)9-15(10-14)31-16-11-29(12-16)17-4-3-7-27-19(17)20(30)28-18-5-1-2-6-26-18/h1-10,16H,11-12H2,(H,26,28,30). The van der Waals surface area contributed by atoms with Gasteiger partial charge in [-0.15, -0.1) is 0 Å². The van der Waals surface area contributed by atoms with Gasteiger partial charge in [-0.25, -0.2) is 14.4 Å². The molecule has 160 valence electrons. The van der Waals surface area contributed by atoms with Gasteiger partial charge < -0.3 is 15.0 Å². The Morgan fingerprint density at radius 2 is 1.84 bits per heavy atom. The van der Waals surface area contributed by atoms with Crippen LogP contribution in [0.4, 0.5) is 29.1 Å². The van der Waals surface area contributed by atoms with Crippen LogP contribution in [0.1, 0.15) is 16.1 Å². The lowest BCUT2D eigenvalue weighted by molar-refractivity contribution is -0.137. The summed E-state index contributed by atoms with van der Waals surface area (Å²) in [5.74, 6) is -1.29. The predicted octanol–water partition coefficient (Wildman–Crippen LogP) is 4.15. The van der Waals surface area contributed by atoms with Crippen LogP contribution in [0.2, 0.25) is 0 Å². The molecule has 0 aliphatic carbocycles. The third kappa shape index (κ3) is 4.73. The number of carbonyl (C=O) groups is 1. The third-order valence-electron chi connectivity index (χ3n) is 4.60. The fraction of sp³-hybridized carbons (Fsp3) is 0.190. The molecule has 1 N–H and O–H groups in total. The number of rotatable bonds is 5. The van der Waals surface area contributed by atoms with Crippen LogP contribution < -0.4 is 15.0 Å². The van der Waals surface area contributed by atoms with Crippen molar-refractivity contribution in [3.8, 4) is 5.75 Å². The van der Waals surface area contributed by atoms with Crippen molar-refractivity contribution in [1.29, 1.82) is 0 Å². The zero-order valence-corrected chi connectivity index (χ0v) is 15.9. The lowest BCUT2D eigenvalue weighted by Crippen LogP contribution is -2.54. The minimum Gasteiger partial charge on any atom is -0.487 e. The highest BCUT2D eigenvalue weighted by Crippen LogP contribution is 2.33. The lowest BCUT2D eigenvalue weighted by Gasteiger charge is -2.41. The Kier molecular flexibility index (Phi) is 5.45. The largest absolute Gasteiger partial charge is 0.487 e. The SMILES string of the molecule is O=C(Nc1ccccn1)c1ncccc1N1CC(Oc2cc(F)cc(C(F)(F)F)c2)C1. The zero-order chi connectivity index (χ0) is 22.0. The smallest absolute Gasteiger partial charge is 0.416 e. The monoisotopic (exact) mass is 432 g/mol. The number of anilines is 2. The summed E-state index contributed by atoms with van der Waals surface area (Å²) in [7, 11) is 0. The first-order chi connectivity index (χ1) is 14.8. The predicted molar refractivity (Wildman–Crippen MR) is 104 cm³/mol. The van der Waals surface area contributed by atoms with Gasteiger partial charge >= 0.3 is 6.18 Å². The van der Waals surface area contributed by atoms with Gasteiger partial charge in [-0.1, -0.05) is 6.07 Å². The van der Waals surface area contributed by atoms with Crippen molar-refractivity contribution in [1.82, 2.24) is 9.97 Å². The first kappa shape index (κ1) is 20.6. The topological polar surface area (TPSA) is 67.4 Å². The number of nitrogens with one attached hydrogen (secondary N) is 1. The van der Waals surface area contributed by atoms with Crippen molar-refractivity contribution in [2.45, 2.75) is 12.3 Å². The fourth-order valence-electron chi connectivity index (χ4n) is 3.14. The Bertz CT molecular complexity index is 1090. The van der Waals surface area contributed by atoms with Gasteiger partial charge in [-0.3, -0.25) is 4.79 Å². The minimum atomic E-state index is -4.67. The Labute approximate surface area is 174 Å². The van der Waals surface area contributed by atoms with Crippen LogP contribution in [0, 0.1) is 5.82 Å². The molecule has 1 aliphatic rings. The fourth-order valence-corrected chi connectivity index (χ4v) is 3.14. The van der Waals surface area contributed by atoms with Crippen LogP contribution in [0.3, 0.4) is 0 Å². The zero-order valence-electron chi connectivity index (χ0n) is 15.9. The van der Waals surface area contributed by atoms with Crippen molar-refractivity contribution >= 4 is 17.4 Å². The number of amides is 1. The molecule has 0 atom stereocenters. The second kappa shape index (κ2) is 8.21. The van der Waals surface area contributed by atoms with Gasteiger partial charge in [0.25, 0.3) is 5.91 Å². The second-order valence-corrected chi connectivity index (χ2v) is 6.86. The van der Waals surface area contributed by atoms with E-state index in [1.165, 1.54) is 6.20 Å². The normalized spacial score (nSPS) is 14.1. The maximum atomic E-state index is 13.5. The van der Waals surface area contributed by atoms with Crippen LogP contribution in [-0.4, -0.2) is 35.1 Å². The molecule has 10 heteroatoms. The van der Waals surface area contributed by atoms with Gasteiger partial charge in [0.2, 0.25) is 0 Å². The summed E-state index contributed by atoms with van der Waals surface area (Å²) in [6.45, 7) is 0.598. The van der Waals surface area contributed by atoms with E-state index in [2.05, 4.69) is 15.3 Å². The summed E-state index contributed by atoms with van der Waals surface area (Å²) >= 11 is 0. The summed E-state index contributed by atoms with van der Waals surface area (Å²) in [6.07, 6.45) is -2.11. The highest BCUT2D eigenvalue weighted by atomic mass is 19.4. The number of nitrogens with zero attached hydrogens (tertiary/aromatic N) is 3. The highest BCUT2D eigenvalue weighted by molar-refractivity contribution is 6.06. The van der Waals surface area contributed by atoms with E-state index in [0.717, 1.165) is 12.1 Å². The van der Waals surface area contributed by atoms with Crippen LogP contribution in [0.25, 0.3) is 0 Å². The average Bonchev–Trinajstić information content (AvgIpc) is 2.70. The molecule has 0 spiro atoms. The molecular formula is C21H16F4N4O2. The highest BCUT2D eigenvalue weighted by Gasteiger charge is 2.34. The van der Waals surface area contributed by atoms with Gasteiger partial charge in [0.05, 0.1) is 24.3 Å². The number of hydrogen-bond acceptors (Lipinski definition) is 5. The van der Waals surface area contributed by atoms with E-state index in [1.807, 2.05) is 0 Å². The molecule has 3 heterocycles. The average molecular weight is 432 g/mol. The molecule has 0 radical (unpaired) electrons. The number of halogens is 4. The molecule has 0 bridgehead atoms.